The summed E-state index contributed by atoms with van der Waals surface area (Å²) in [7, 11) is 3.86. The third-order valence-electron chi connectivity index (χ3n) is 4.19. The van der Waals surface area contributed by atoms with E-state index in [0.29, 0.717) is 0 Å². The monoisotopic (exact) mass is 437 g/mol. The van der Waals surface area contributed by atoms with Crippen molar-refractivity contribution in [3.63, 3.8) is 0 Å². The van der Waals surface area contributed by atoms with Gasteiger partial charge in [-0.05, 0) is 20.3 Å². The van der Waals surface area contributed by atoms with E-state index in [9.17, 15) is 0 Å². The number of halogens is 1. The Balaban J connectivity index is 0.00000242. The first-order valence-electron chi connectivity index (χ1n) is 7.63. The standard InChI is InChI=1S/C15H27N5S.HI/c1-6-13-10-20(7-8-21-13)15(16-4)17-9-14-11(2)18-19(5)12(14)3;/h13H,6-10H2,1-5H3,(H,16,17);1H. The van der Waals surface area contributed by atoms with Crippen LogP contribution in [-0.2, 0) is 13.6 Å². The third-order valence-corrected chi connectivity index (χ3v) is 5.56. The van der Waals surface area contributed by atoms with Gasteiger partial charge in [-0.3, -0.25) is 9.67 Å². The van der Waals surface area contributed by atoms with E-state index >= 15 is 0 Å². The molecule has 1 fully saturated rings. The summed E-state index contributed by atoms with van der Waals surface area (Å²) in [6.45, 7) is 9.40. The number of nitrogens with one attached hydrogen (secondary N) is 1. The predicted octanol–water partition coefficient (Wildman–Crippen LogP) is 2.56. The lowest BCUT2D eigenvalue weighted by Gasteiger charge is -2.34. The number of nitrogens with zero attached hydrogens (tertiary/aromatic N) is 4. The Kier molecular flexibility index (Phi) is 8.02. The van der Waals surface area contributed by atoms with Crippen LogP contribution < -0.4 is 5.32 Å². The van der Waals surface area contributed by atoms with Crippen LogP contribution in [0.25, 0.3) is 0 Å². The molecule has 1 saturated heterocycles. The van der Waals surface area contributed by atoms with Crippen molar-refractivity contribution in [1.29, 1.82) is 0 Å². The van der Waals surface area contributed by atoms with Crippen LogP contribution in [0.4, 0.5) is 0 Å². The van der Waals surface area contributed by atoms with E-state index < -0.39 is 0 Å². The molecule has 1 aliphatic rings. The van der Waals surface area contributed by atoms with Crippen LogP contribution in [0.3, 0.4) is 0 Å². The van der Waals surface area contributed by atoms with Crippen molar-refractivity contribution in [3.05, 3.63) is 17.0 Å². The second-order valence-corrected chi connectivity index (χ2v) is 6.93. The topological polar surface area (TPSA) is 45.4 Å². The highest BCUT2D eigenvalue weighted by molar-refractivity contribution is 14.0. The molecule has 0 spiro atoms. The van der Waals surface area contributed by atoms with Crippen LogP contribution in [0.5, 0.6) is 0 Å². The SMILES string of the molecule is CCC1CN(C(=NC)NCc2c(C)nn(C)c2C)CCS1.I. The summed E-state index contributed by atoms with van der Waals surface area (Å²) >= 11 is 2.08. The largest absolute Gasteiger partial charge is 0.352 e. The van der Waals surface area contributed by atoms with Crippen molar-refractivity contribution < 1.29 is 0 Å². The van der Waals surface area contributed by atoms with E-state index in [1.54, 1.807) is 0 Å². The summed E-state index contributed by atoms with van der Waals surface area (Å²) in [5.41, 5.74) is 3.59. The van der Waals surface area contributed by atoms with Crippen molar-refractivity contribution in [2.45, 2.75) is 39.0 Å². The molecule has 0 radical (unpaired) electrons. The van der Waals surface area contributed by atoms with Crippen molar-refractivity contribution in [2.75, 3.05) is 25.9 Å². The van der Waals surface area contributed by atoms with Crippen LogP contribution in [0.1, 0.15) is 30.3 Å². The smallest absolute Gasteiger partial charge is 0.193 e. The molecule has 1 aliphatic heterocycles. The molecular formula is C15H28IN5S. The molecule has 22 heavy (non-hydrogen) atoms. The van der Waals surface area contributed by atoms with Crippen LogP contribution in [0.15, 0.2) is 4.99 Å². The Hall–Kier alpha value is -0.440. The molecule has 0 saturated carbocycles. The minimum atomic E-state index is 0. The van der Waals surface area contributed by atoms with Gasteiger partial charge in [0, 0.05) is 56.0 Å². The predicted molar refractivity (Wildman–Crippen MR) is 106 cm³/mol. The third kappa shape index (κ3) is 4.53. The lowest BCUT2D eigenvalue weighted by molar-refractivity contribution is 0.408. The van der Waals surface area contributed by atoms with Crippen LogP contribution in [0.2, 0.25) is 0 Å². The molecule has 0 aliphatic carbocycles. The van der Waals surface area contributed by atoms with E-state index in [4.69, 9.17) is 0 Å². The van der Waals surface area contributed by atoms with Gasteiger partial charge in [0.15, 0.2) is 5.96 Å². The zero-order chi connectivity index (χ0) is 15.4. The quantitative estimate of drug-likeness (QED) is 0.449. The Labute approximate surface area is 155 Å². The Morgan fingerprint density at radius 3 is 2.73 bits per heavy atom. The molecule has 1 atom stereocenters. The van der Waals surface area contributed by atoms with Gasteiger partial charge in [-0.15, -0.1) is 24.0 Å². The Morgan fingerprint density at radius 2 is 2.18 bits per heavy atom. The van der Waals surface area contributed by atoms with Gasteiger partial charge in [0.05, 0.1) is 5.69 Å². The Bertz CT molecular complexity index is 514. The highest BCUT2D eigenvalue weighted by atomic mass is 127. The molecule has 126 valence electrons. The van der Waals surface area contributed by atoms with Crippen molar-refractivity contribution in [1.82, 2.24) is 20.0 Å². The molecule has 2 heterocycles. The van der Waals surface area contributed by atoms with Crippen molar-refractivity contribution in [2.24, 2.45) is 12.0 Å². The summed E-state index contributed by atoms with van der Waals surface area (Å²) in [6.07, 6.45) is 1.22. The van der Waals surface area contributed by atoms with Gasteiger partial charge >= 0.3 is 0 Å². The lowest BCUT2D eigenvalue weighted by Crippen LogP contribution is -2.47. The lowest BCUT2D eigenvalue weighted by atomic mass is 10.2. The molecule has 2 rings (SSSR count). The summed E-state index contributed by atoms with van der Waals surface area (Å²) in [5, 5.41) is 8.70. The average molecular weight is 437 g/mol. The molecule has 0 aromatic carbocycles. The van der Waals surface area contributed by atoms with Crippen LogP contribution >= 0.6 is 35.7 Å². The number of aliphatic imine (C=N–C) groups is 1. The summed E-state index contributed by atoms with van der Waals surface area (Å²) in [6, 6.07) is 0. The fraction of sp³-hybridized carbons (Fsp3) is 0.733. The van der Waals surface area contributed by atoms with Gasteiger partial charge in [0.1, 0.15) is 0 Å². The van der Waals surface area contributed by atoms with Crippen LogP contribution in [0, 0.1) is 13.8 Å². The van der Waals surface area contributed by atoms with E-state index in [2.05, 4.69) is 52.8 Å². The summed E-state index contributed by atoms with van der Waals surface area (Å²) < 4.78 is 1.94. The summed E-state index contributed by atoms with van der Waals surface area (Å²) in [5.74, 6) is 2.20. The molecular weight excluding hydrogens is 409 g/mol. The maximum atomic E-state index is 4.47. The normalized spacial score (nSPS) is 19.0. The molecule has 7 heteroatoms. The van der Waals surface area contributed by atoms with E-state index in [1.807, 2.05) is 18.8 Å². The first-order valence-corrected chi connectivity index (χ1v) is 8.68. The highest BCUT2D eigenvalue weighted by Gasteiger charge is 2.21. The minimum Gasteiger partial charge on any atom is -0.352 e. The van der Waals surface area contributed by atoms with Gasteiger partial charge in [-0.25, -0.2) is 0 Å². The zero-order valence-electron chi connectivity index (χ0n) is 14.2. The molecule has 1 unspecified atom stereocenters. The minimum absolute atomic E-state index is 0. The highest BCUT2D eigenvalue weighted by Crippen LogP contribution is 2.21. The fourth-order valence-corrected chi connectivity index (χ4v) is 3.91. The van der Waals surface area contributed by atoms with E-state index in [-0.39, 0.29) is 24.0 Å². The van der Waals surface area contributed by atoms with Gasteiger partial charge < -0.3 is 10.2 Å². The molecule has 1 aromatic rings. The van der Waals surface area contributed by atoms with Crippen molar-refractivity contribution in [3.8, 4) is 0 Å². The number of thioether (sulfide) groups is 1. The molecule has 0 bridgehead atoms. The number of hydrogen-bond acceptors (Lipinski definition) is 3. The van der Waals surface area contributed by atoms with Crippen molar-refractivity contribution >= 4 is 41.7 Å². The fourth-order valence-electron chi connectivity index (χ4n) is 2.73. The number of aromatic nitrogens is 2. The second kappa shape index (κ2) is 9.00. The van der Waals surface area contributed by atoms with Crippen LogP contribution in [-0.4, -0.2) is 51.8 Å². The maximum Gasteiger partial charge on any atom is 0.193 e. The first kappa shape index (κ1) is 19.6. The number of aryl methyl sites for hydroxylation is 2. The maximum absolute atomic E-state index is 4.47. The molecule has 1 aromatic heterocycles. The second-order valence-electron chi connectivity index (χ2n) is 5.52. The molecule has 0 amide bonds. The Morgan fingerprint density at radius 1 is 1.45 bits per heavy atom. The molecule has 5 nitrogen and oxygen atoms in total. The first-order chi connectivity index (χ1) is 10.1. The number of guanidine groups is 1. The average Bonchev–Trinajstić information content (AvgIpc) is 2.74. The van der Waals surface area contributed by atoms with Gasteiger partial charge in [-0.2, -0.15) is 16.9 Å². The van der Waals surface area contributed by atoms with Gasteiger partial charge in [0.2, 0.25) is 0 Å². The summed E-state index contributed by atoms with van der Waals surface area (Å²) in [4.78, 5) is 6.84. The number of hydrogen-bond donors (Lipinski definition) is 1. The molecule has 1 N–H and O–H groups in total. The van der Waals surface area contributed by atoms with Gasteiger partial charge in [0.25, 0.3) is 0 Å². The van der Waals surface area contributed by atoms with E-state index in [1.165, 1.54) is 23.4 Å². The van der Waals surface area contributed by atoms with Gasteiger partial charge in [-0.1, -0.05) is 6.92 Å². The number of rotatable bonds is 3. The zero-order valence-corrected chi connectivity index (χ0v) is 17.4. The van der Waals surface area contributed by atoms with E-state index in [0.717, 1.165) is 36.5 Å².